The van der Waals surface area contributed by atoms with Crippen LogP contribution < -0.4 is 0 Å². The molecule has 1 aliphatic rings. The molecule has 0 unspecified atom stereocenters. The Kier molecular flexibility index (Phi) is 4.75. The topological polar surface area (TPSA) is 25.4 Å². The molecule has 3 heteroatoms. The SMILES string of the molecule is Cc1cc2nccc(C)c2c(C)c1-c1ccc(CN2CCOCC2)cc1. The fraction of sp³-hybridized carbons (Fsp3) is 0.348. The van der Waals surface area contributed by atoms with Crippen LogP contribution in [-0.4, -0.2) is 36.2 Å². The van der Waals surface area contributed by atoms with Crippen molar-refractivity contribution in [2.75, 3.05) is 26.3 Å². The van der Waals surface area contributed by atoms with E-state index in [0.717, 1.165) is 38.4 Å². The second-order valence-electron chi connectivity index (χ2n) is 7.30. The summed E-state index contributed by atoms with van der Waals surface area (Å²) in [7, 11) is 0. The van der Waals surface area contributed by atoms with Gasteiger partial charge in [-0.25, -0.2) is 0 Å². The maximum Gasteiger partial charge on any atom is 0.0710 e. The molecule has 0 aliphatic carbocycles. The second kappa shape index (κ2) is 7.18. The maximum atomic E-state index is 5.44. The lowest BCUT2D eigenvalue weighted by Crippen LogP contribution is -2.35. The van der Waals surface area contributed by atoms with Crippen molar-refractivity contribution in [2.45, 2.75) is 27.3 Å². The van der Waals surface area contributed by atoms with Crippen LogP contribution in [0.3, 0.4) is 0 Å². The van der Waals surface area contributed by atoms with Gasteiger partial charge in [0, 0.05) is 31.2 Å². The van der Waals surface area contributed by atoms with E-state index >= 15 is 0 Å². The van der Waals surface area contributed by atoms with Gasteiger partial charge in [0.05, 0.1) is 18.7 Å². The Morgan fingerprint density at radius 2 is 1.69 bits per heavy atom. The Hall–Kier alpha value is -2.23. The molecular weight excluding hydrogens is 320 g/mol. The Morgan fingerprint density at radius 3 is 2.42 bits per heavy atom. The van der Waals surface area contributed by atoms with E-state index in [1.54, 1.807) is 0 Å². The van der Waals surface area contributed by atoms with E-state index in [4.69, 9.17) is 4.74 Å². The van der Waals surface area contributed by atoms with Crippen molar-refractivity contribution in [1.29, 1.82) is 0 Å². The maximum absolute atomic E-state index is 5.44. The largest absolute Gasteiger partial charge is 0.379 e. The first-order chi connectivity index (χ1) is 12.6. The molecule has 134 valence electrons. The number of hydrogen-bond acceptors (Lipinski definition) is 3. The van der Waals surface area contributed by atoms with Gasteiger partial charge in [-0.3, -0.25) is 9.88 Å². The molecule has 1 aliphatic heterocycles. The van der Waals surface area contributed by atoms with Gasteiger partial charge in [-0.15, -0.1) is 0 Å². The van der Waals surface area contributed by atoms with Crippen LogP contribution in [0.15, 0.2) is 42.6 Å². The number of hydrogen-bond donors (Lipinski definition) is 0. The zero-order chi connectivity index (χ0) is 18.1. The van der Waals surface area contributed by atoms with Crippen LogP contribution in [0.4, 0.5) is 0 Å². The van der Waals surface area contributed by atoms with E-state index in [2.05, 4.69) is 67.1 Å². The third kappa shape index (κ3) is 3.25. The van der Waals surface area contributed by atoms with E-state index in [9.17, 15) is 0 Å². The van der Waals surface area contributed by atoms with E-state index in [-0.39, 0.29) is 0 Å². The first kappa shape index (κ1) is 17.2. The quantitative estimate of drug-likeness (QED) is 0.690. The number of pyridine rings is 1. The summed E-state index contributed by atoms with van der Waals surface area (Å²) in [5.41, 5.74) is 8.98. The van der Waals surface area contributed by atoms with Gasteiger partial charge in [0.1, 0.15) is 0 Å². The molecule has 1 aromatic heterocycles. The Labute approximate surface area is 155 Å². The molecule has 0 saturated carbocycles. The molecule has 2 aromatic carbocycles. The fourth-order valence-corrected chi connectivity index (χ4v) is 4.11. The predicted octanol–water partition coefficient (Wildman–Crippen LogP) is 4.66. The highest BCUT2D eigenvalue weighted by Gasteiger charge is 2.13. The molecule has 0 radical (unpaired) electrons. The van der Waals surface area contributed by atoms with Gasteiger partial charge in [0.25, 0.3) is 0 Å². The summed E-state index contributed by atoms with van der Waals surface area (Å²) in [6.07, 6.45) is 1.90. The first-order valence-corrected chi connectivity index (χ1v) is 9.38. The van der Waals surface area contributed by atoms with E-state index in [1.165, 1.54) is 38.8 Å². The molecule has 3 nitrogen and oxygen atoms in total. The second-order valence-corrected chi connectivity index (χ2v) is 7.30. The number of nitrogens with zero attached hydrogens (tertiary/aromatic N) is 2. The molecule has 1 fully saturated rings. The monoisotopic (exact) mass is 346 g/mol. The molecule has 0 N–H and O–H groups in total. The number of aromatic nitrogens is 1. The van der Waals surface area contributed by atoms with Crippen molar-refractivity contribution in [1.82, 2.24) is 9.88 Å². The fourth-order valence-electron chi connectivity index (χ4n) is 4.11. The number of morpholine rings is 1. The van der Waals surface area contributed by atoms with E-state index in [1.807, 2.05) is 6.20 Å². The van der Waals surface area contributed by atoms with Crippen molar-refractivity contribution in [2.24, 2.45) is 0 Å². The van der Waals surface area contributed by atoms with E-state index in [0.29, 0.717) is 0 Å². The lowest BCUT2D eigenvalue weighted by Gasteiger charge is -2.26. The highest BCUT2D eigenvalue weighted by Crippen LogP contribution is 2.34. The minimum absolute atomic E-state index is 0.848. The van der Waals surface area contributed by atoms with Crippen LogP contribution in [0, 0.1) is 20.8 Å². The summed E-state index contributed by atoms with van der Waals surface area (Å²) >= 11 is 0. The van der Waals surface area contributed by atoms with Crippen molar-refractivity contribution in [3.63, 3.8) is 0 Å². The molecule has 1 saturated heterocycles. The van der Waals surface area contributed by atoms with Crippen LogP contribution in [0.1, 0.15) is 22.3 Å². The van der Waals surface area contributed by atoms with Crippen LogP contribution in [-0.2, 0) is 11.3 Å². The number of aryl methyl sites for hydroxylation is 3. The van der Waals surface area contributed by atoms with Crippen molar-refractivity contribution >= 4 is 10.9 Å². The average molecular weight is 346 g/mol. The summed E-state index contributed by atoms with van der Waals surface area (Å²) in [4.78, 5) is 7.02. The molecule has 4 rings (SSSR count). The van der Waals surface area contributed by atoms with Crippen LogP contribution >= 0.6 is 0 Å². The lowest BCUT2D eigenvalue weighted by molar-refractivity contribution is 0.0342. The molecule has 3 aromatic rings. The van der Waals surface area contributed by atoms with Crippen molar-refractivity contribution in [3.05, 3.63) is 64.8 Å². The molecule has 26 heavy (non-hydrogen) atoms. The van der Waals surface area contributed by atoms with Gasteiger partial charge in [0.2, 0.25) is 0 Å². The molecular formula is C23H26N2O. The summed E-state index contributed by atoms with van der Waals surface area (Å²) in [6.45, 7) is 11.3. The molecule has 0 spiro atoms. The smallest absolute Gasteiger partial charge is 0.0710 e. The van der Waals surface area contributed by atoms with Gasteiger partial charge in [0.15, 0.2) is 0 Å². The molecule has 0 atom stereocenters. The standard InChI is InChI=1S/C23H26N2O/c1-16-8-9-24-21-14-17(2)22(18(3)23(16)21)20-6-4-19(5-7-20)15-25-10-12-26-13-11-25/h4-9,14H,10-13,15H2,1-3H3. The van der Waals surface area contributed by atoms with Gasteiger partial charge < -0.3 is 4.74 Å². The molecule has 2 heterocycles. The van der Waals surface area contributed by atoms with Gasteiger partial charge in [-0.05, 0) is 66.3 Å². The van der Waals surface area contributed by atoms with Crippen LogP contribution in [0.5, 0.6) is 0 Å². The van der Waals surface area contributed by atoms with Gasteiger partial charge in [-0.2, -0.15) is 0 Å². The molecule has 0 amide bonds. The zero-order valence-corrected chi connectivity index (χ0v) is 15.9. The number of fused-ring (bicyclic) bond motifs is 1. The Morgan fingerprint density at radius 1 is 0.962 bits per heavy atom. The third-order valence-electron chi connectivity index (χ3n) is 5.44. The van der Waals surface area contributed by atoms with Gasteiger partial charge in [-0.1, -0.05) is 24.3 Å². The highest BCUT2D eigenvalue weighted by atomic mass is 16.5. The highest BCUT2D eigenvalue weighted by molar-refractivity contribution is 5.93. The summed E-state index contributed by atoms with van der Waals surface area (Å²) < 4.78 is 5.44. The molecule has 0 bridgehead atoms. The number of benzene rings is 2. The summed E-state index contributed by atoms with van der Waals surface area (Å²) in [6, 6.07) is 13.4. The number of rotatable bonds is 3. The average Bonchev–Trinajstić information content (AvgIpc) is 2.64. The Balaban J connectivity index is 1.68. The van der Waals surface area contributed by atoms with Crippen molar-refractivity contribution in [3.8, 4) is 11.1 Å². The normalized spacial score (nSPS) is 15.5. The lowest BCUT2D eigenvalue weighted by atomic mass is 9.91. The van der Waals surface area contributed by atoms with Crippen LogP contribution in [0.25, 0.3) is 22.0 Å². The first-order valence-electron chi connectivity index (χ1n) is 9.38. The van der Waals surface area contributed by atoms with E-state index < -0.39 is 0 Å². The minimum Gasteiger partial charge on any atom is -0.379 e. The third-order valence-corrected chi connectivity index (χ3v) is 5.44. The number of ether oxygens (including phenoxy) is 1. The Bertz CT molecular complexity index is 925. The van der Waals surface area contributed by atoms with Crippen molar-refractivity contribution < 1.29 is 4.74 Å². The zero-order valence-electron chi connectivity index (χ0n) is 15.9. The van der Waals surface area contributed by atoms with Gasteiger partial charge >= 0.3 is 0 Å². The summed E-state index contributed by atoms with van der Waals surface area (Å²) in [5, 5.41) is 1.28. The minimum atomic E-state index is 0.848. The van der Waals surface area contributed by atoms with Crippen LogP contribution in [0.2, 0.25) is 0 Å². The summed E-state index contributed by atoms with van der Waals surface area (Å²) in [5.74, 6) is 0. The predicted molar refractivity (Wildman–Crippen MR) is 107 cm³/mol.